The van der Waals surface area contributed by atoms with E-state index in [1.807, 2.05) is 19.9 Å². The Morgan fingerprint density at radius 1 is 1.53 bits per heavy atom. The fraction of sp³-hybridized carbons (Fsp3) is 0.545. The number of hydrogen-bond acceptors (Lipinski definition) is 3. The number of aryl methyl sites for hydroxylation is 2. The normalized spacial score (nSPS) is 12.5. The van der Waals surface area contributed by atoms with Crippen molar-refractivity contribution in [2.45, 2.75) is 33.6 Å². The Morgan fingerprint density at radius 2 is 2.20 bits per heavy atom. The number of carboxylic acids is 1. The van der Waals surface area contributed by atoms with Crippen molar-refractivity contribution in [1.82, 2.24) is 9.97 Å². The highest BCUT2D eigenvalue weighted by molar-refractivity contribution is 5.69. The Morgan fingerprint density at radius 3 is 2.73 bits per heavy atom. The zero-order valence-corrected chi connectivity index (χ0v) is 9.32. The van der Waals surface area contributed by atoms with E-state index in [-0.39, 0.29) is 0 Å². The first-order valence-electron chi connectivity index (χ1n) is 5.09. The van der Waals surface area contributed by atoms with Crippen molar-refractivity contribution >= 4 is 5.97 Å². The van der Waals surface area contributed by atoms with Crippen LogP contribution in [0.1, 0.15) is 31.1 Å². The highest BCUT2D eigenvalue weighted by Gasteiger charge is 2.13. The summed E-state index contributed by atoms with van der Waals surface area (Å²) in [4.78, 5) is 19.2. The van der Waals surface area contributed by atoms with E-state index in [4.69, 9.17) is 5.11 Å². The first-order valence-corrected chi connectivity index (χ1v) is 5.09. The van der Waals surface area contributed by atoms with E-state index in [0.717, 1.165) is 17.8 Å². The molecule has 0 radical (unpaired) electrons. The summed E-state index contributed by atoms with van der Waals surface area (Å²) in [6.45, 7) is 5.58. The summed E-state index contributed by atoms with van der Waals surface area (Å²) in [6.07, 6.45) is 1.24. The number of nitrogens with zero attached hydrogens (tertiary/aromatic N) is 2. The molecule has 0 aliphatic heterocycles. The minimum absolute atomic E-state index is 0.393. The monoisotopic (exact) mass is 208 g/mol. The smallest absolute Gasteiger partial charge is 0.306 e. The summed E-state index contributed by atoms with van der Waals surface area (Å²) in [7, 11) is 0. The Balaban J connectivity index is 2.85. The third kappa shape index (κ3) is 3.31. The Labute approximate surface area is 89.4 Å². The molecule has 15 heavy (non-hydrogen) atoms. The average molecular weight is 208 g/mol. The molecule has 0 fully saturated rings. The highest BCUT2D eigenvalue weighted by Crippen LogP contribution is 2.07. The SMILES string of the molecule is CCc1cc(C)nc(CC(C)C(=O)O)n1. The maximum absolute atomic E-state index is 10.7. The predicted molar refractivity (Wildman–Crippen MR) is 56.7 cm³/mol. The molecule has 4 nitrogen and oxygen atoms in total. The van der Waals surface area contributed by atoms with E-state index in [1.54, 1.807) is 6.92 Å². The maximum atomic E-state index is 10.7. The van der Waals surface area contributed by atoms with E-state index < -0.39 is 11.9 Å². The molecule has 0 aliphatic rings. The molecule has 1 heterocycles. The molecule has 1 aromatic rings. The Hall–Kier alpha value is -1.45. The molecular formula is C11H16N2O2. The summed E-state index contributed by atoms with van der Waals surface area (Å²) in [5.74, 6) is -0.614. The number of carboxylic acid groups (broad SMARTS) is 1. The second-order valence-electron chi connectivity index (χ2n) is 3.71. The average Bonchev–Trinajstić information content (AvgIpc) is 2.16. The second-order valence-corrected chi connectivity index (χ2v) is 3.71. The fourth-order valence-corrected chi connectivity index (χ4v) is 1.33. The molecular weight excluding hydrogens is 192 g/mol. The van der Waals surface area contributed by atoms with Crippen LogP contribution < -0.4 is 0 Å². The predicted octanol–water partition coefficient (Wildman–Crippen LogP) is 1.61. The third-order valence-electron chi connectivity index (χ3n) is 2.23. The molecule has 4 heteroatoms. The van der Waals surface area contributed by atoms with Crippen LogP contribution in [-0.4, -0.2) is 21.0 Å². The number of hydrogen-bond donors (Lipinski definition) is 1. The van der Waals surface area contributed by atoms with Crippen molar-refractivity contribution in [2.24, 2.45) is 5.92 Å². The molecule has 0 bridgehead atoms. The quantitative estimate of drug-likeness (QED) is 0.816. The highest BCUT2D eigenvalue weighted by atomic mass is 16.4. The zero-order chi connectivity index (χ0) is 11.4. The second kappa shape index (κ2) is 4.87. The molecule has 0 aliphatic carbocycles. The minimum atomic E-state index is -0.807. The van der Waals surface area contributed by atoms with Gasteiger partial charge in [0.15, 0.2) is 0 Å². The van der Waals surface area contributed by atoms with Crippen molar-refractivity contribution in [2.75, 3.05) is 0 Å². The molecule has 1 atom stereocenters. The van der Waals surface area contributed by atoms with Crippen LogP contribution in [0.4, 0.5) is 0 Å². The van der Waals surface area contributed by atoms with E-state index >= 15 is 0 Å². The lowest BCUT2D eigenvalue weighted by Crippen LogP contribution is -2.15. The largest absolute Gasteiger partial charge is 0.481 e. The molecule has 0 aromatic carbocycles. The Kier molecular flexibility index (Phi) is 3.77. The van der Waals surface area contributed by atoms with Crippen LogP contribution >= 0.6 is 0 Å². The van der Waals surface area contributed by atoms with Crippen LogP contribution in [0.15, 0.2) is 6.07 Å². The van der Waals surface area contributed by atoms with Gasteiger partial charge in [0.05, 0.1) is 5.92 Å². The van der Waals surface area contributed by atoms with Gasteiger partial charge in [-0.3, -0.25) is 4.79 Å². The molecule has 0 saturated carbocycles. The van der Waals surface area contributed by atoms with Gasteiger partial charge in [-0.15, -0.1) is 0 Å². The number of aromatic nitrogens is 2. The van der Waals surface area contributed by atoms with Crippen LogP contribution in [0.3, 0.4) is 0 Å². The molecule has 0 amide bonds. The fourth-order valence-electron chi connectivity index (χ4n) is 1.33. The van der Waals surface area contributed by atoms with E-state index in [0.29, 0.717) is 12.2 Å². The third-order valence-corrected chi connectivity index (χ3v) is 2.23. The molecule has 0 saturated heterocycles. The standard InChI is InChI=1S/C11H16N2O2/c1-4-9-6-8(3)12-10(13-9)5-7(2)11(14)15/h6-7H,4-5H2,1-3H3,(H,14,15). The summed E-state index contributed by atoms with van der Waals surface area (Å²) in [5.41, 5.74) is 1.87. The van der Waals surface area contributed by atoms with Gasteiger partial charge in [-0.25, -0.2) is 9.97 Å². The lowest BCUT2D eigenvalue weighted by molar-refractivity contribution is -0.141. The van der Waals surface area contributed by atoms with Crippen molar-refractivity contribution in [3.63, 3.8) is 0 Å². The minimum Gasteiger partial charge on any atom is -0.481 e. The van der Waals surface area contributed by atoms with Crippen LogP contribution in [0.25, 0.3) is 0 Å². The molecule has 1 N–H and O–H groups in total. The van der Waals surface area contributed by atoms with Gasteiger partial charge in [0.25, 0.3) is 0 Å². The molecule has 0 spiro atoms. The number of carbonyl (C=O) groups is 1. The van der Waals surface area contributed by atoms with Crippen LogP contribution in [0, 0.1) is 12.8 Å². The molecule has 1 unspecified atom stereocenters. The number of aliphatic carboxylic acids is 1. The first kappa shape index (κ1) is 11.6. The topological polar surface area (TPSA) is 63.1 Å². The van der Waals surface area contributed by atoms with Gasteiger partial charge < -0.3 is 5.11 Å². The van der Waals surface area contributed by atoms with Gasteiger partial charge in [-0.2, -0.15) is 0 Å². The maximum Gasteiger partial charge on any atom is 0.306 e. The van der Waals surface area contributed by atoms with Gasteiger partial charge in [-0.1, -0.05) is 13.8 Å². The summed E-state index contributed by atoms with van der Waals surface area (Å²) in [6, 6.07) is 1.93. The Bertz CT molecular complexity index is 364. The van der Waals surface area contributed by atoms with Gasteiger partial charge in [0.1, 0.15) is 5.82 Å². The lowest BCUT2D eigenvalue weighted by atomic mass is 10.1. The van der Waals surface area contributed by atoms with Crippen LogP contribution in [-0.2, 0) is 17.6 Å². The van der Waals surface area contributed by atoms with Crippen molar-refractivity contribution in [1.29, 1.82) is 0 Å². The van der Waals surface area contributed by atoms with Crippen molar-refractivity contribution < 1.29 is 9.90 Å². The zero-order valence-electron chi connectivity index (χ0n) is 9.32. The van der Waals surface area contributed by atoms with Gasteiger partial charge in [-0.05, 0) is 19.4 Å². The van der Waals surface area contributed by atoms with Gasteiger partial charge in [0, 0.05) is 17.8 Å². The number of rotatable bonds is 4. The van der Waals surface area contributed by atoms with E-state index in [1.165, 1.54) is 0 Å². The summed E-state index contributed by atoms with van der Waals surface area (Å²) in [5, 5.41) is 8.78. The lowest BCUT2D eigenvalue weighted by Gasteiger charge is -2.07. The van der Waals surface area contributed by atoms with Gasteiger partial charge >= 0.3 is 5.97 Å². The van der Waals surface area contributed by atoms with Crippen molar-refractivity contribution in [3.8, 4) is 0 Å². The molecule has 1 rings (SSSR count). The summed E-state index contributed by atoms with van der Waals surface area (Å²) < 4.78 is 0. The van der Waals surface area contributed by atoms with E-state index in [9.17, 15) is 4.79 Å². The van der Waals surface area contributed by atoms with Crippen LogP contribution in [0.2, 0.25) is 0 Å². The van der Waals surface area contributed by atoms with Gasteiger partial charge in [0.2, 0.25) is 0 Å². The van der Waals surface area contributed by atoms with Crippen molar-refractivity contribution in [3.05, 3.63) is 23.3 Å². The first-order chi connectivity index (χ1) is 7.02. The van der Waals surface area contributed by atoms with E-state index in [2.05, 4.69) is 9.97 Å². The van der Waals surface area contributed by atoms with Crippen LogP contribution in [0.5, 0.6) is 0 Å². The molecule has 82 valence electrons. The molecule has 1 aromatic heterocycles. The summed E-state index contributed by atoms with van der Waals surface area (Å²) >= 11 is 0.